The molecule has 1 heterocycles. The first-order valence-corrected chi connectivity index (χ1v) is 7.44. The lowest BCUT2D eigenvalue weighted by molar-refractivity contribution is 0.150. The third-order valence-corrected chi connectivity index (χ3v) is 4.38. The summed E-state index contributed by atoms with van der Waals surface area (Å²) in [5, 5.41) is 0. The summed E-state index contributed by atoms with van der Waals surface area (Å²) in [5.74, 6) is 1.64. The van der Waals surface area contributed by atoms with Gasteiger partial charge in [-0.3, -0.25) is 0 Å². The first-order chi connectivity index (χ1) is 9.74. The van der Waals surface area contributed by atoms with E-state index >= 15 is 0 Å². The quantitative estimate of drug-likeness (QED) is 0.923. The molecule has 20 heavy (non-hydrogen) atoms. The van der Waals surface area contributed by atoms with Gasteiger partial charge in [0.15, 0.2) is 11.5 Å². The topological polar surface area (TPSA) is 53.7 Å². The minimum atomic E-state index is -0.248. The smallest absolute Gasteiger partial charge is 0.167 e. The number of hydrogen-bond acceptors (Lipinski definition) is 4. The fourth-order valence-corrected chi connectivity index (χ4v) is 3.38. The van der Waals surface area contributed by atoms with E-state index in [0.717, 1.165) is 29.9 Å². The van der Waals surface area contributed by atoms with Crippen LogP contribution < -0.4 is 15.2 Å². The van der Waals surface area contributed by atoms with Crippen LogP contribution in [0.2, 0.25) is 0 Å². The van der Waals surface area contributed by atoms with E-state index in [4.69, 9.17) is 19.9 Å². The summed E-state index contributed by atoms with van der Waals surface area (Å²) in [6, 6.07) is 4.10. The molecule has 0 atom stereocenters. The van der Waals surface area contributed by atoms with Crippen LogP contribution in [-0.4, -0.2) is 20.3 Å². The van der Waals surface area contributed by atoms with Crippen molar-refractivity contribution in [1.82, 2.24) is 0 Å². The molecule has 1 saturated carbocycles. The number of ether oxygens (including phenoxy) is 3. The molecular weight excluding hydrogens is 254 g/mol. The molecule has 2 N–H and O–H groups in total. The van der Waals surface area contributed by atoms with Gasteiger partial charge in [-0.1, -0.05) is 25.3 Å². The Morgan fingerprint density at radius 3 is 2.65 bits per heavy atom. The van der Waals surface area contributed by atoms with Gasteiger partial charge in [-0.05, 0) is 24.5 Å². The Morgan fingerprint density at radius 1 is 1.15 bits per heavy atom. The molecule has 110 valence electrons. The summed E-state index contributed by atoms with van der Waals surface area (Å²) in [4.78, 5) is 0. The van der Waals surface area contributed by atoms with Crippen LogP contribution in [0.5, 0.6) is 11.5 Å². The van der Waals surface area contributed by atoms with E-state index in [2.05, 4.69) is 6.07 Å². The molecule has 0 unspecified atom stereocenters. The van der Waals surface area contributed by atoms with Crippen molar-refractivity contribution in [2.75, 3.05) is 20.3 Å². The van der Waals surface area contributed by atoms with Gasteiger partial charge in [-0.15, -0.1) is 0 Å². The van der Waals surface area contributed by atoms with Crippen molar-refractivity contribution in [2.45, 2.75) is 44.2 Å². The molecule has 1 aliphatic heterocycles. The highest BCUT2D eigenvalue weighted by molar-refractivity contribution is 5.53. The van der Waals surface area contributed by atoms with Crippen molar-refractivity contribution in [2.24, 2.45) is 5.73 Å². The van der Waals surface area contributed by atoms with Gasteiger partial charge in [0, 0.05) is 18.2 Å². The van der Waals surface area contributed by atoms with Crippen molar-refractivity contribution in [3.63, 3.8) is 0 Å². The lowest BCUT2D eigenvalue weighted by Gasteiger charge is -2.36. The predicted molar refractivity (Wildman–Crippen MR) is 77.1 cm³/mol. The van der Waals surface area contributed by atoms with Crippen molar-refractivity contribution in [1.29, 1.82) is 0 Å². The van der Waals surface area contributed by atoms with Crippen LogP contribution in [-0.2, 0) is 16.9 Å². The highest BCUT2D eigenvalue weighted by atomic mass is 16.6. The molecule has 3 rings (SSSR count). The first kappa shape index (κ1) is 13.7. The minimum absolute atomic E-state index is 0.248. The summed E-state index contributed by atoms with van der Waals surface area (Å²) < 4.78 is 16.9. The normalized spacial score (nSPS) is 20.7. The second-order valence-electron chi connectivity index (χ2n) is 5.77. The Kier molecular flexibility index (Phi) is 3.85. The average Bonchev–Trinajstić information content (AvgIpc) is 2.48. The van der Waals surface area contributed by atoms with Crippen LogP contribution in [0.25, 0.3) is 0 Å². The van der Waals surface area contributed by atoms with E-state index in [0.29, 0.717) is 19.8 Å². The molecule has 1 aromatic carbocycles. The zero-order chi connectivity index (χ0) is 14.0. The molecule has 0 amide bonds. The number of fused-ring (bicyclic) bond motifs is 1. The van der Waals surface area contributed by atoms with Crippen molar-refractivity contribution in [3.05, 3.63) is 23.3 Å². The zero-order valence-electron chi connectivity index (χ0n) is 12.1. The third kappa shape index (κ3) is 2.38. The molecule has 4 heteroatoms. The van der Waals surface area contributed by atoms with Gasteiger partial charge in [0.2, 0.25) is 0 Å². The molecule has 0 aromatic heterocycles. The molecule has 0 spiro atoms. The van der Waals surface area contributed by atoms with Crippen LogP contribution in [0.4, 0.5) is 0 Å². The van der Waals surface area contributed by atoms with E-state index in [1.165, 1.54) is 24.8 Å². The molecule has 0 radical (unpaired) electrons. The van der Waals surface area contributed by atoms with Crippen molar-refractivity contribution >= 4 is 0 Å². The summed E-state index contributed by atoms with van der Waals surface area (Å²) >= 11 is 0. The molecule has 1 fully saturated rings. The maximum absolute atomic E-state index is 6.69. The maximum Gasteiger partial charge on any atom is 0.167 e. The molecule has 1 aliphatic carbocycles. The number of nitrogens with two attached hydrogens (primary N) is 1. The molecular formula is C16H23NO3. The Bertz CT molecular complexity index is 481. The summed E-state index contributed by atoms with van der Waals surface area (Å²) in [6.45, 7) is 1.71. The van der Waals surface area contributed by atoms with Gasteiger partial charge in [-0.2, -0.15) is 0 Å². The minimum Gasteiger partial charge on any atom is -0.486 e. The summed E-state index contributed by atoms with van der Waals surface area (Å²) in [6.07, 6.45) is 5.73. The second-order valence-corrected chi connectivity index (χ2v) is 5.77. The maximum atomic E-state index is 6.69. The fourth-order valence-electron chi connectivity index (χ4n) is 3.38. The predicted octanol–water partition coefficient (Wildman–Crippen LogP) is 2.72. The zero-order valence-corrected chi connectivity index (χ0v) is 12.1. The lowest BCUT2D eigenvalue weighted by atomic mass is 9.75. The van der Waals surface area contributed by atoms with Crippen LogP contribution >= 0.6 is 0 Å². The van der Waals surface area contributed by atoms with E-state index in [1.54, 1.807) is 7.11 Å². The Hall–Kier alpha value is -1.26. The van der Waals surface area contributed by atoms with E-state index in [-0.39, 0.29) is 5.54 Å². The average molecular weight is 277 g/mol. The van der Waals surface area contributed by atoms with E-state index < -0.39 is 0 Å². The van der Waals surface area contributed by atoms with Crippen LogP contribution in [0.15, 0.2) is 12.1 Å². The Labute approximate surface area is 120 Å². The molecule has 0 saturated heterocycles. The Morgan fingerprint density at radius 2 is 1.90 bits per heavy atom. The second kappa shape index (κ2) is 5.62. The van der Waals surface area contributed by atoms with Gasteiger partial charge in [0.1, 0.15) is 13.2 Å². The van der Waals surface area contributed by atoms with E-state index in [1.807, 2.05) is 6.07 Å². The van der Waals surface area contributed by atoms with E-state index in [9.17, 15) is 0 Å². The number of hydrogen-bond donors (Lipinski definition) is 1. The van der Waals surface area contributed by atoms with Crippen molar-refractivity contribution in [3.8, 4) is 11.5 Å². The van der Waals surface area contributed by atoms with Crippen LogP contribution in [0, 0.1) is 0 Å². The van der Waals surface area contributed by atoms with Gasteiger partial charge < -0.3 is 19.9 Å². The molecule has 2 aliphatic rings. The lowest BCUT2D eigenvalue weighted by Crippen LogP contribution is -2.39. The molecule has 0 bridgehead atoms. The number of rotatable bonds is 3. The van der Waals surface area contributed by atoms with Gasteiger partial charge in [0.05, 0.1) is 6.61 Å². The number of benzene rings is 1. The summed E-state index contributed by atoms with van der Waals surface area (Å²) in [7, 11) is 1.71. The van der Waals surface area contributed by atoms with Crippen molar-refractivity contribution < 1.29 is 14.2 Å². The largest absolute Gasteiger partial charge is 0.486 e. The Balaban J connectivity index is 2.05. The van der Waals surface area contributed by atoms with Crippen LogP contribution in [0.1, 0.15) is 43.2 Å². The standard InChI is InChI=1S/C16H23NO3/c1-18-11-12-13(16(17)7-3-2-4-8-16)5-6-14-15(12)20-10-9-19-14/h5-6H,2-4,7-11,17H2,1H3. The molecule has 1 aromatic rings. The van der Waals surface area contributed by atoms with Crippen LogP contribution in [0.3, 0.4) is 0 Å². The van der Waals surface area contributed by atoms with Gasteiger partial charge in [-0.25, -0.2) is 0 Å². The monoisotopic (exact) mass is 277 g/mol. The molecule has 4 nitrogen and oxygen atoms in total. The van der Waals surface area contributed by atoms with Gasteiger partial charge >= 0.3 is 0 Å². The SMILES string of the molecule is COCc1c(C2(N)CCCCC2)ccc2c1OCCO2. The third-order valence-electron chi connectivity index (χ3n) is 4.38. The highest BCUT2D eigenvalue weighted by Crippen LogP contribution is 2.43. The number of methoxy groups -OCH3 is 1. The first-order valence-electron chi connectivity index (χ1n) is 7.44. The van der Waals surface area contributed by atoms with Gasteiger partial charge in [0.25, 0.3) is 0 Å². The summed E-state index contributed by atoms with van der Waals surface area (Å²) in [5.41, 5.74) is 8.68. The fraction of sp³-hybridized carbons (Fsp3) is 0.625. The highest BCUT2D eigenvalue weighted by Gasteiger charge is 2.34.